The van der Waals surface area contributed by atoms with Crippen molar-refractivity contribution in [2.75, 3.05) is 0 Å². The van der Waals surface area contributed by atoms with E-state index in [0.717, 1.165) is 23.6 Å². The Labute approximate surface area is 101 Å². The fraction of sp³-hybridized carbons (Fsp3) is 0.500. The monoisotopic (exact) mass is 231 g/mol. The summed E-state index contributed by atoms with van der Waals surface area (Å²) in [6, 6.07) is 0. The van der Waals surface area contributed by atoms with E-state index in [4.69, 9.17) is 0 Å². The van der Waals surface area contributed by atoms with Crippen molar-refractivity contribution < 1.29 is 0 Å². The van der Waals surface area contributed by atoms with Gasteiger partial charge in [-0.1, -0.05) is 6.92 Å². The van der Waals surface area contributed by atoms with Gasteiger partial charge in [0, 0.05) is 18.8 Å². The molecule has 17 heavy (non-hydrogen) atoms. The third kappa shape index (κ3) is 2.33. The van der Waals surface area contributed by atoms with Crippen LogP contribution in [0.2, 0.25) is 0 Å². The summed E-state index contributed by atoms with van der Waals surface area (Å²) in [5.41, 5.74) is 0.796. The Bertz CT molecular complexity index is 492. The van der Waals surface area contributed by atoms with Crippen molar-refractivity contribution >= 4 is 0 Å². The average Bonchev–Trinajstić information content (AvgIpc) is 2.78. The average molecular weight is 231 g/mol. The molecule has 0 saturated carbocycles. The van der Waals surface area contributed by atoms with E-state index in [-0.39, 0.29) is 5.54 Å². The number of hydrogen-bond acceptors (Lipinski definition) is 4. The highest BCUT2D eigenvalue weighted by Crippen LogP contribution is 2.21. The zero-order chi connectivity index (χ0) is 12.5. The second-order valence-electron chi connectivity index (χ2n) is 4.91. The molecule has 0 N–H and O–H groups in total. The van der Waals surface area contributed by atoms with Gasteiger partial charge in [-0.15, -0.1) is 0 Å². The van der Waals surface area contributed by atoms with Crippen LogP contribution in [0.1, 0.15) is 33.5 Å². The lowest BCUT2D eigenvalue weighted by Crippen LogP contribution is -2.24. The summed E-state index contributed by atoms with van der Waals surface area (Å²) < 4.78 is 1.89. The zero-order valence-electron chi connectivity index (χ0n) is 10.7. The minimum Gasteiger partial charge on any atom is -0.241 e. The van der Waals surface area contributed by atoms with Crippen molar-refractivity contribution in [1.29, 1.82) is 0 Å². The Balaban J connectivity index is 2.43. The highest BCUT2D eigenvalue weighted by Gasteiger charge is 2.19. The van der Waals surface area contributed by atoms with Crippen molar-refractivity contribution in [3.63, 3.8) is 0 Å². The Hall–Kier alpha value is -1.78. The standard InChI is InChI=1S/C12H17N5/c1-5-10-13-6-9(7-14-10)11-15-8-16-17(11)12(2,3)4/h6-8H,5H2,1-4H3. The van der Waals surface area contributed by atoms with Gasteiger partial charge in [0.05, 0.1) is 11.1 Å². The van der Waals surface area contributed by atoms with Crippen LogP contribution >= 0.6 is 0 Å². The fourth-order valence-corrected chi connectivity index (χ4v) is 1.58. The van der Waals surface area contributed by atoms with Crippen LogP contribution in [0.25, 0.3) is 11.4 Å². The molecule has 0 aliphatic heterocycles. The molecular formula is C12H17N5. The lowest BCUT2D eigenvalue weighted by Gasteiger charge is -2.20. The van der Waals surface area contributed by atoms with Crippen LogP contribution in [0.4, 0.5) is 0 Å². The van der Waals surface area contributed by atoms with E-state index in [1.165, 1.54) is 0 Å². The van der Waals surface area contributed by atoms with Crippen LogP contribution in [0, 0.1) is 0 Å². The largest absolute Gasteiger partial charge is 0.241 e. The molecule has 0 aliphatic rings. The molecule has 0 saturated heterocycles. The van der Waals surface area contributed by atoms with E-state index in [9.17, 15) is 0 Å². The Morgan fingerprint density at radius 1 is 1.12 bits per heavy atom. The maximum absolute atomic E-state index is 4.28. The summed E-state index contributed by atoms with van der Waals surface area (Å²) in [5.74, 6) is 1.65. The molecule has 0 spiro atoms. The van der Waals surface area contributed by atoms with Gasteiger partial charge < -0.3 is 0 Å². The summed E-state index contributed by atoms with van der Waals surface area (Å²) in [6.45, 7) is 8.30. The molecule has 0 unspecified atom stereocenters. The van der Waals surface area contributed by atoms with Gasteiger partial charge in [-0.3, -0.25) is 0 Å². The van der Waals surface area contributed by atoms with Gasteiger partial charge in [0.1, 0.15) is 12.2 Å². The number of nitrogens with zero attached hydrogens (tertiary/aromatic N) is 5. The minimum atomic E-state index is -0.102. The minimum absolute atomic E-state index is 0.102. The van der Waals surface area contributed by atoms with Gasteiger partial charge in [-0.05, 0) is 20.8 Å². The second-order valence-corrected chi connectivity index (χ2v) is 4.91. The molecule has 0 amide bonds. The molecule has 2 heterocycles. The molecule has 0 atom stereocenters. The molecule has 2 rings (SSSR count). The predicted octanol–water partition coefficient (Wildman–Crippen LogP) is 2.05. The van der Waals surface area contributed by atoms with E-state index in [0.29, 0.717) is 0 Å². The van der Waals surface area contributed by atoms with Crippen LogP contribution in [-0.4, -0.2) is 24.7 Å². The Morgan fingerprint density at radius 2 is 1.76 bits per heavy atom. The van der Waals surface area contributed by atoms with E-state index in [1.54, 1.807) is 18.7 Å². The van der Waals surface area contributed by atoms with Crippen molar-refractivity contribution in [3.05, 3.63) is 24.5 Å². The van der Waals surface area contributed by atoms with Gasteiger partial charge in [-0.25, -0.2) is 19.6 Å². The smallest absolute Gasteiger partial charge is 0.161 e. The Kier molecular flexibility index (Phi) is 2.92. The summed E-state index contributed by atoms with van der Waals surface area (Å²) in [4.78, 5) is 12.8. The van der Waals surface area contributed by atoms with Crippen LogP contribution in [0.5, 0.6) is 0 Å². The zero-order valence-corrected chi connectivity index (χ0v) is 10.7. The van der Waals surface area contributed by atoms with Crippen molar-refractivity contribution in [2.45, 2.75) is 39.7 Å². The number of aromatic nitrogens is 5. The molecule has 0 bridgehead atoms. The molecule has 0 radical (unpaired) electrons. The van der Waals surface area contributed by atoms with E-state index in [1.807, 2.05) is 11.6 Å². The maximum Gasteiger partial charge on any atom is 0.161 e. The van der Waals surface area contributed by atoms with Gasteiger partial charge >= 0.3 is 0 Å². The summed E-state index contributed by atoms with van der Waals surface area (Å²) in [6.07, 6.45) is 6.01. The third-order valence-electron chi connectivity index (χ3n) is 2.46. The van der Waals surface area contributed by atoms with Crippen LogP contribution < -0.4 is 0 Å². The first-order chi connectivity index (χ1) is 8.02. The van der Waals surface area contributed by atoms with Crippen molar-refractivity contribution in [1.82, 2.24) is 24.7 Å². The molecule has 90 valence electrons. The topological polar surface area (TPSA) is 56.5 Å². The van der Waals surface area contributed by atoms with Gasteiger partial charge in [0.2, 0.25) is 0 Å². The normalized spacial score (nSPS) is 11.8. The first-order valence-corrected chi connectivity index (χ1v) is 5.74. The van der Waals surface area contributed by atoms with Gasteiger partial charge in [0.15, 0.2) is 5.82 Å². The molecule has 0 fully saturated rings. The van der Waals surface area contributed by atoms with Crippen molar-refractivity contribution in [3.8, 4) is 11.4 Å². The molecule has 0 aromatic carbocycles. The van der Waals surface area contributed by atoms with Crippen LogP contribution in [0.3, 0.4) is 0 Å². The lowest BCUT2D eigenvalue weighted by molar-refractivity contribution is 0.359. The number of aryl methyl sites for hydroxylation is 1. The SMILES string of the molecule is CCc1ncc(-c2ncnn2C(C)(C)C)cn1. The second kappa shape index (κ2) is 4.24. The van der Waals surface area contributed by atoms with Crippen LogP contribution in [-0.2, 0) is 12.0 Å². The summed E-state index contributed by atoms with van der Waals surface area (Å²) in [5, 5.41) is 4.26. The lowest BCUT2D eigenvalue weighted by atomic mass is 10.1. The van der Waals surface area contributed by atoms with E-state index < -0.39 is 0 Å². The van der Waals surface area contributed by atoms with Crippen molar-refractivity contribution in [2.24, 2.45) is 0 Å². The highest BCUT2D eigenvalue weighted by atomic mass is 15.4. The molecular weight excluding hydrogens is 214 g/mol. The highest BCUT2D eigenvalue weighted by molar-refractivity contribution is 5.52. The predicted molar refractivity (Wildman–Crippen MR) is 65.4 cm³/mol. The fourth-order valence-electron chi connectivity index (χ4n) is 1.58. The molecule has 0 aliphatic carbocycles. The molecule has 5 heteroatoms. The number of rotatable bonds is 2. The quantitative estimate of drug-likeness (QED) is 0.793. The van der Waals surface area contributed by atoms with E-state index >= 15 is 0 Å². The maximum atomic E-state index is 4.28. The van der Waals surface area contributed by atoms with Gasteiger partial charge in [0.25, 0.3) is 0 Å². The van der Waals surface area contributed by atoms with Gasteiger partial charge in [-0.2, -0.15) is 5.10 Å². The summed E-state index contributed by atoms with van der Waals surface area (Å²) in [7, 11) is 0. The first kappa shape index (κ1) is 11.7. The Morgan fingerprint density at radius 3 is 2.29 bits per heavy atom. The summed E-state index contributed by atoms with van der Waals surface area (Å²) >= 11 is 0. The molecule has 5 nitrogen and oxygen atoms in total. The molecule has 2 aromatic rings. The number of hydrogen-bond donors (Lipinski definition) is 0. The first-order valence-electron chi connectivity index (χ1n) is 5.74. The molecule has 2 aromatic heterocycles. The van der Waals surface area contributed by atoms with Crippen LogP contribution in [0.15, 0.2) is 18.7 Å². The van der Waals surface area contributed by atoms with E-state index in [2.05, 4.69) is 40.8 Å². The third-order valence-corrected chi connectivity index (χ3v) is 2.46.